The molecule has 0 bridgehead atoms. The first-order valence-electron chi connectivity index (χ1n) is 10.3. The summed E-state index contributed by atoms with van der Waals surface area (Å²) in [6.07, 6.45) is 8.55. The molecule has 33 heavy (non-hydrogen) atoms. The Hall–Kier alpha value is -3.24. The molecule has 3 nitrogen and oxygen atoms in total. The number of aryl methyl sites for hydroxylation is 1. The van der Waals surface area contributed by atoms with Crippen LogP contribution in [0.4, 0.5) is 0 Å². The van der Waals surface area contributed by atoms with Crippen LogP contribution in [0.15, 0.2) is 97.5 Å². The number of fused-ring (bicyclic) bond motifs is 3. The molecule has 0 fully saturated rings. The minimum absolute atomic E-state index is 0. The maximum atomic E-state index is 4.60. The van der Waals surface area contributed by atoms with Gasteiger partial charge in [0.2, 0.25) is 0 Å². The summed E-state index contributed by atoms with van der Waals surface area (Å²) in [6.45, 7) is 2.06. The Balaban J connectivity index is 0.000000172. The van der Waals surface area contributed by atoms with E-state index in [4.69, 9.17) is 0 Å². The van der Waals surface area contributed by atoms with E-state index in [-0.39, 0.29) is 20.1 Å². The summed E-state index contributed by atoms with van der Waals surface area (Å²) in [4.78, 5) is 12.9. The zero-order valence-corrected chi connectivity index (χ0v) is 21.0. The number of aromatic nitrogens is 3. The van der Waals surface area contributed by atoms with E-state index in [0.717, 1.165) is 28.1 Å². The van der Waals surface area contributed by atoms with Crippen LogP contribution in [0.5, 0.6) is 0 Å². The summed E-state index contributed by atoms with van der Waals surface area (Å²) in [7, 11) is 0. The molecule has 0 aliphatic heterocycles. The Morgan fingerprint density at radius 2 is 1.61 bits per heavy atom. The number of rotatable bonds is 2. The van der Waals surface area contributed by atoms with E-state index in [9.17, 15) is 0 Å². The third kappa shape index (κ3) is 5.07. The number of benzene rings is 2. The zero-order valence-electron chi connectivity index (χ0n) is 17.8. The molecule has 5 heteroatoms. The molecule has 0 amide bonds. The van der Waals surface area contributed by atoms with Crippen LogP contribution in [0.1, 0.15) is 5.56 Å². The van der Waals surface area contributed by atoms with Crippen molar-refractivity contribution >= 4 is 31.5 Å². The summed E-state index contributed by atoms with van der Waals surface area (Å²) in [6, 6.07) is 29.4. The van der Waals surface area contributed by atoms with E-state index in [1.165, 1.54) is 20.2 Å². The predicted octanol–water partition coefficient (Wildman–Crippen LogP) is 7.17. The van der Waals surface area contributed by atoms with Crippen LogP contribution in [0, 0.1) is 19.2 Å². The molecule has 0 N–H and O–H groups in total. The minimum Gasteiger partial charge on any atom is -0.360 e. The van der Waals surface area contributed by atoms with Gasteiger partial charge in [-0.15, -0.1) is 64.4 Å². The second-order valence-electron chi connectivity index (χ2n) is 7.27. The minimum atomic E-state index is 0. The van der Waals surface area contributed by atoms with E-state index in [1.807, 2.05) is 54.7 Å². The molecule has 0 saturated carbocycles. The molecule has 6 rings (SSSR count). The summed E-state index contributed by atoms with van der Waals surface area (Å²) in [5, 5.41) is 2.49. The Morgan fingerprint density at radius 3 is 2.39 bits per heavy atom. The van der Waals surface area contributed by atoms with Gasteiger partial charge in [0.25, 0.3) is 0 Å². The second-order valence-corrected chi connectivity index (χ2v) is 8.35. The summed E-state index contributed by atoms with van der Waals surface area (Å²) in [5.74, 6) is 0. The van der Waals surface area contributed by atoms with Gasteiger partial charge in [-0.25, -0.2) is 0 Å². The molecule has 0 aliphatic carbocycles. The molecule has 163 valence electrons. The van der Waals surface area contributed by atoms with E-state index in [1.54, 1.807) is 23.7 Å². The van der Waals surface area contributed by atoms with Crippen molar-refractivity contribution in [3.63, 3.8) is 0 Å². The van der Waals surface area contributed by atoms with Crippen molar-refractivity contribution in [1.29, 1.82) is 0 Å². The van der Waals surface area contributed by atoms with Gasteiger partial charge in [0.1, 0.15) is 0 Å². The van der Waals surface area contributed by atoms with E-state index in [2.05, 4.69) is 64.5 Å². The first kappa shape index (κ1) is 22.9. The summed E-state index contributed by atoms with van der Waals surface area (Å²) >= 11 is 1.80. The van der Waals surface area contributed by atoms with Gasteiger partial charge in [-0.2, -0.15) is 0 Å². The average molecular weight is 622 g/mol. The van der Waals surface area contributed by atoms with Gasteiger partial charge in [0, 0.05) is 52.7 Å². The van der Waals surface area contributed by atoms with Crippen LogP contribution in [0.3, 0.4) is 0 Å². The van der Waals surface area contributed by atoms with Gasteiger partial charge in [-0.3, -0.25) is 0 Å². The van der Waals surface area contributed by atoms with Gasteiger partial charge < -0.3 is 15.0 Å². The Morgan fingerprint density at radius 1 is 0.758 bits per heavy atom. The van der Waals surface area contributed by atoms with Gasteiger partial charge in [-0.1, -0.05) is 49.5 Å². The second kappa shape index (κ2) is 10.6. The number of hydrogen-bond acceptors (Lipinski definition) is 4. The van der Waals surface area contributed by atoms with Gasteiger partial charge in [-0.05, 0) is 29.7 Å². The van der Waals surface area contributed by atoms with Crippen LogP contribution < -0.4 is 0 Å². The molecule has 6 aromatic rings. The first-order valence-corrected chi connectivity index (χ1v) is 11.1. The molecule has 2 aromatic carbocycles. The molecular formula is C28H19IrN3S-2. The van der Waals surface area contributed by atoms with Crippen LogP contribution >= 0.6 is 11.3 Å². The van der Waals surface area contributed by atoms with Crippen LogP contribution in [-0.4, -0.2) is 15.0 Å². The first-order chi connectivity index (χ1) is 15.8. The molecule has 4 aromatic heterocycles. The largest absolute Gasteiger partial charge is 0.360 e. The molecule has 4 heterocycles. The van der Waals surface area contributed by atoms with Gasteiger partial charge in [0.15, 0.2) is 0 Å². The summed E-state index contributed by atoms with van der Waals surface area (Å²) in [5.41, 5.74) is 5.07. The predicted molar refractivity (Wildman–Crippen MR) is 132 cm³/mol. The van der Waals surface area contributed by atoms with Crippen molar-refractivity contribution in [2.75, 3.05) is 0 Å². The number of thiophene rings is 1. The standard InChI is InChI=1S/C17H11N2S.C11H8N.Ir/c1-11-6-7-18-9-13(11)15-8-17-14(10-19-15)12-4-2-3-5-16(12)20-17;1-2-6-10(7-3-1)11-8-4-5-9-12-11;/h2-8,10H,1H3;1-6,8-9H;/q2*-1;. The molecule has 1 radical (unpaired) electrons. The van der Waals surface area contributed by atoms with Crippen molar-refractivity contribution in [2.45, 2.75) is 6.92 Å². The molecule has 0 unspecified atom stereocenters. The van der Waals surface area contributed by atoms with Crippen LogP contribution in [0.2, 0.25) is 0 Å². The fourth-order valence-electron chi connectivity index (χ4n) is 3.51. The summed E-state index contributed by atoms with van der Waals surface area (Å²) < 4.78 is 2.56. The topological polar surface area (TPSA) is 38.7 Å². The van der Waals surface area contributed by atoms with Crippen molar-refractivity contribution < 1.29 is 20.1 Å². The third-order valence-electron chi connectivity index (χ3n) is 5.14. The molecule has 0 spiro atoms. The van der Waals surface area contributed by atoms with E-state index in [0.29, 0.717) is 0 Å². The van der Waals surface area contributed by atoms with E-state index < -0.39 is 0 Å². The molecule has 0 atom stereocenters. The normalized spacial score (nSPS) is 10.3. The van der Waals surface area contributed by atoms with Crippen LogP contribution in [0.25, 0.3) is 42.7 Å². The average Bonchev–Trinajstić information content (AvgIpc) is 3.24. The smallest absolute Gasteiger partial charge is 0.0355 e. The van der Waals surface area contributed by atoms with Crippen molar-refractivity contribution in [1.82, 2.24) is 15.0 Å². The fourth-order valence-corrected chi connectivity index (χ4v) is 4.63. The number of hydrogen-bond donors (Lipinski definition) is 0. The Kier molecular flexibility index (Phi) is 7.36. The monoisotopic (exact) mass is 622 g/mol. The van der Waals surface area contributed by atoms with Crippen molar-refractivity contribution in [2.24, 2.45) is 0 Å². The quantitative estimate of drug-likeness (QED) is 0.193. The molecule has 0 aliphatic rings. The maximum absolute atomic E-state index is 4.60. The van der Waals surface area contributed by atoms with Gasteiger partial charge >= 0.3 is 0 Å². The third-order valence-corrected chi connectivity index (χ3v) is 6.27. The van der Waals surface area contributed by atoms with Crippen molar-refractivity contribution in [3.8, 4) is 22.5 Å². The Labute approximate surface area is 210 Å². The number of nitrogens with zero attached hydrogens (tertiary/aromatic N) is 3. The Bertz CT molecular complexity index is 1440. The van der Waals surface area contributed by atoms with Crippen molar-refractivity contribution in [3.05, 3.63) is 115 Å². The number of pyridine rings is 3. The zero-order chi connectivity index (χ0) is 21.8. The van der Waals surface area contributed by atoms with E-state index >= 15 is 0 Å². The molecule has 0 saturated heterocycles. The van der Waals surface area contributed by atoms with Crippen LogP contribution in [-0.2, 0) is 20.1 Å². The fraction of sp³-hybridized carbons (Fsp3) is 0.0357. The van der Waals surface area contributed by atoms with Gasteiger partial charge in [0.05, 0.1) is 0 Å². The maximum Gasteiger partial charge on any atom is 0.0355 e. The molecular weight excluding hydrogens is 603 g/mol. The SMILES string of the molecule is Cc1ccn[c-]c1-c1cc2sc3ccccc3c2cn1.[Ir].[c-]1ccccc1-c1ccccn1.